The Bertz CT molecular complexity index is 417. The zero-order valence-corrected chi connectivity index (χ0v) is 11.1. The average Bonchev–Trinajstić information content (AvgIpc) is 2.46. The maximum atomic E-state index is 11.7. The Balaban J connectivity index is 2.42. The Kier molecular flexibility index (Phi) is 6.52. The van der Waals surface area contributed by atoms with Gasteiger partial charge in [-0.05, 0) is 25.5 Å². The number of ether oxygens (including phenoxy) is 2. The lowest BCUT2D eigenvalue weighted by Crippen LogP contribution is -2.26. The number of pyridine rings is 1. The molecule has 0 saturated heterocycles. The van der Waals surface area contributed by atoms with Crippen LogP contribution in [0.3, 0.4) is 0 Å². The van der Waals surface area contributed by atoms with Gasteiger partial charge in [-0.25, -0.2) is 4.79 Å². The maximum absolute atomic E-state index is 11.7. The Morgan fingerprint density at radius 2 is 2.16 bits per heavy atom. The van der Waals surface area contributed by atoms with Gasteiger partial charge in [0, 0.05) is 26.0 Å². The summed E-state index contributed by atoms with van der Waals surface area (Å²) in [6.45, 7) is 3.74. The summed E-state index contributed by atoms with van der Waals surface area (Å²) in [6.07, 6.45) is 2.07. The molecule has 0 aliphatic carbocycles. The normalized spacial score (nSPS) is 10.0. The van der Waals surface area contributed by atoms with E-state index in [0.29, 0.717) is 25.3 Å². The molecule has 6 heteroatoms. The summed E-state index contributed by atoms with van der Waals surface area (Å²) < 4.78 is 9.70. The van der Waals surface area contributed by atoms with Gasteiger partial charge in [0.2, 0.25) is 0 Å². The zero-order chi connectivity index (χ0) is 14.1. The molecular weight excluding hydrogens is 248 g/mol. The fourth-order valence-electron chi connectivity index (χ4n) is 1.38. The van der Waals surface area contributed by atoms with Gasteiger partial charge in [-0.1, -0.05) is 0 Å². The Morgan fingerprint density at radius 1 is 1.37 bits per heavy atom. The monoisotopic (exact) mass is 266 g/mol. The molecule has 6 nitrogen and oxygen atoms in total. The summed E-state index contributed by atoms with van der Waals surface area (Å²) in [5.41, 5.74) is 0.583. The van der Waals surface area contributed by atoms with E-state index >= 15 is 0 Å². The van der Waals surface area contributed by atoms with Crippen molar-refractivity contribution in [1.82, 2.24) is 10.3 Å². The highest BCUT2D eigenvalue weighted by molar-refractivity contribution is 5.94. The quantitative estimate of drug-likeness (QED) is 0.589. The molecule has 0 radical (unpaired) electrons. The van der Waals surface area contributed by atoms with Crippen molar-refractivity contribution in [2.45, 2.75) is 13.3 Å². The third-order valence-electron chi connectivity index (χ3n) is 2.37. The Labute approximate surface area is 112 Å². The van der Waals surface area contributed by atoms with Crippen LogP contribution in [0.15, 0.2) is 18.3 Å². The number of carbonyl (C=O) groups is 2. The average molecular weight is 266 g/mol. The number of carbonyl (C=O) groups excluding carboxylic acids is 2. The van der Waals surface area contributed by atoms with Gasteiger partial charge >= 0.3 is 5.97 Å². The lowest BCUT2D eigenvalue weighted by molar-refractivity contribution is 0.0599. The molecule has 0 bridgehead atoms. The Hall–Kier alpha value is -1.95. The fraction of sp³-hybridized carbons (Fsp3) is 0.462. The minimum Gasteiger partial charge on any atom is -0.465 e. The van der Waals surface area contributed by atoms with Crippen molar-refractivity contribution in [3.8, 4) is 0 Å². The molecule has 0 aromatic carbocycles. The fourth-order valence-corrected chi connectivity index (χ4v) is 1.38. The summed E-state index contributed by atoms with van der Waals surface area (Å²) in [6, 6.07) is 3.00. The molecule has 0 aliphatic rings. The van der Waals surface area contributed by atoms with E-state index in [-0.39, 0.29) is 11.6 Å². The van der Waals surface area contributed by atoms with Crippen molar-refractivity contribution < 1.29 is 19.1 Å². The van der Waals surface area contributed by atoms with E-state index in [0.717, 1.165) is 6.42 Å². The van der Waals surface area contributed by atoms with Gasteiger partial charge in [0.05, 0.1) is 12.7 Å². The minimum atomic E-state index is -0.476. The standard InChI is InChI=1S/C13H18N2O4/c1-3-19-8-4-7-14-12(16)11-6-5-10(9-15-11)13(17)18-2/h5-6,9H,3-4,7-8H2,1-2H3,(H,14,16). The summed E-state index contributed by atoms with van der Waals surface area (Å²) in [7, 11) is 1.29. The van der Waals surface area contributed by atoms with E-state index < -0.39 is 5.97 Å². The summed E-state index contributed by atoms with van der Waals surface area (Å²) in [5, 5.41) is 2.72. The van der Waals surface area contributed by atoms with Gasteiger partial charge in [0.1, 0.15) is 5.69 Å². The van der Waals surface area contributed by atoms with Gasteiger partial charge in [0.25, 0.3) is 5.91 Å². The number of hydrogen-bond donors (Lipinski definition) is 1. The number of nitrogens with one attached hydrogen (secondary N) is 1. The molecule has 0 fully saturated rings. The highest BCUT2D eigenvalue weighted by Crippen LogP contribution is 2.02. The molecule has 0 saturated carbocycles. The SMILES string of the molecule is CCOCCCNC(=O)c1ccc(C(=O)OC)cn1. The second kappa shape index (κ2) is 8.20. The number of hydrogen-bond acceptors (Lipinski definition) is 5. The van der Waals surface area contributed by atoms with Crippen LogP contribution in [-0.2, 0) is 9.47 Å². The third kappa shape index (κ3) is 5.05. The molecule has 1 heterocycles. The third-order valence-corrected chi connectivity index (χ3v) is 2.37. The van der Waals surface area contributed by atoms with Crippen LogP contribution < -0.4 is 5.32 Å². The van der Waals surface area contributed by atoms with E-state index in [1.54, 1.807) is 0 Å². The summed E-state index contributed by atoms with van der Waals surface area (Å²) >= 11 is 0. The molecule has 0 atom stereocenters. The van der Waals surface area contributed by atoms with Crippen LogP contribution in [-0.4, -0.2) is 43.7 Å². The predicted molar refractivity (Wildman–Crippen MR) is 69.0 cm³/mol. The van der Waals surface area contributed by atoms with Gasteiger partial charge in [-0.15, -0.1) is 0 Å². The second-order valence-corrected chi connectivity index (χ2v) is 3.73. The van der Waals surface area contributed by atoms with E-state index in [1.165, 1.54) is 25.4 Å². The van der Waals surface area contributed by atoms with Crippen LogP contribution in [0, 0.1) is 0 Å². The lowest BCUT2D eigenvalue weighted by atomic mass is 10.2. The summed E-state index contributed by atoms with van der Waals surface area (Å²) in [4.78, 5) is 26.8. The topological polar surface area (TPSA) is 77.5 Å². The smallest absolute Gasteiger partial charge is 0.339 e. The van der Waals surface area contributed by atoms with Gasteiger partial charge < -0.3 is 14.8 Å². The lowest BCUT2D eigenvalue weighted by Gasteiger charge is -2.05. The number of esters is 1. The predicted octanol–water partition coefficient (Wildman–Crippen LogP) is 1.02. The second-order valence-electron chi connectivity index (χ2n) is 3.73. The summed E-state index contributed by atoms with van der Waals surface area (Å²) in [5.74, 6) is -0.746. The first kappa shape index (κ1) is 15.1. The van der Waals surface area contributed by atoms with Crippen LogP contribution in [0.4, 0.5) is 0 Å². The Morgan fingerprint density at radius 3 is 2.74 bits per heavy atom. The molecule has 0 unspecified atom stereocenters. The number of nitrogens with zero attached hydrogens (tertiary/aromatic N) is 1. The van der Waals surface area contributed by atoms with E-state index in [9.17, 15) is 9.59 Å². The highest BCUT2D eigenvalue weighted by atomic mass is 16.5. The first-order valence-corrected chi connectivity index (χ1v) is 6.09. The van der Waals surface area contributed by atoms with Crippen molar-refractivity contribution in [2.24, 2.45) is 0 Å². The minimum absolute atomic E-state index is 0.268. The largest absolute Gasteiger partial charge is 0.465 e. The van der Waals surface area contributed by atoms with Crippen LogP contribution >= 0.6 is 0 Å². The number of rotatable bonds is 7. The highest BCUT2D eigenvalue weighted by Gasteiger charge is 2.09. The molecule has 1 rings (SSSR count). The van der Waals surface area contributed by atoms with Crippen LogP contribution in [0.2, 0.25) is 0 Å². The number of methoxy groups -OCH3 is 1. The van der Waals surface area contributed by atoms with Crippen molar-refractivity contribution in [1.29, 1.82) is 0 Å². The van der Waals surface area contributed by atoms with Gasteiger partial charge in [-0.2, -0.15) is 0 Å². The molecule has 1 amide bonds. The molecule has 19 heavy (non-hydrogen) atoms. The number of amides is 1. The molecule has 1 aromatic rings. The zero-order valence-electron chi connectivity index (χ0n) is 11.1. The van der Waals surface area contributed by atoms with E-state index in [4.69, 9.17) is 4.74 Å². The first-order chi connectivity index (χ1) is 9.19. The van der Waals surface area contributed by atoms with Crippen LogP contribution in [0.1, 0.15) is 34.2 Å². The van der Waals surface area contributed by atoms with Crippen LogP contribution in [0.5, 0.6) is 0 Å². The van der Waals surface area contributed by atoms with Gasteiger partial charge in [-0.3, -0.25) is 9.78 Å². The van der Waals surface area contributed by atoms with Crippen molar-refractivity contribution in [3.63, 3.8) is 0 Å². The molecule has 1 aromatic heterocycles. The molecular formula is C13H18N2O4. The van der Waals surface area contributed by atoms with Crippen molar-refractivity contribution in [2.75, 3.05) is 26.9 Å². The van der Waals surface area contributed by atoms with E-state index in [2.05, 4.69) is 15.0 Å². The first-order valence-electron chi connectivity index (χ1n) is 6.09. The molecule has 1 N–H and O–H groups in total. The van der Waals surface area contributed by atoms with Gasteiger partial charge in [0.15, 0.2) is 0 Å². The molecule has 104 valence electrons. The van der Waals surface area contributed by atoms with Crippen molar-refractivity contribution in [3.05, 3.63) is 29.6 Å². The maximum Gasteiger partial charge on any atom is 0.339 e. The number of aromatic nitrogens is 1. The van der Waals surface area contributed by atoms with E-state index in [1.807, 2.05) is 6.92 Å². The molecule has 0 spiro atoms. The van der Waals surface area contributed by atoms with Crippen LogP contribution in [0.25, 0.3) is 0 Å². The molecule has 0 aliphatic heterocycles. The van der Waals surface area contributed by atoms with Crippen molar-refractivity contribution >= 4 is 11.9 Å².